The van der Waals surface area contributed by atoms with Gasteiger partial charge in [0.2, 0.25) is 17.7 Å². The second kappa shape index (κ2) is 9.26. The summed E-state index contributed by atoms with van der Waals surface area (Å²) in [5.41, 5.74) is 3.51. The van der Waals surface area contributed by atoms with E-state index >= 15 is 0 Å². The Morgan fingerprint density at radius 1 is 1.03 bits per heavy atom. The fourth-order valence-corrected chi connectivity index (χ4v) is 3.27. The largest absolute Gasteiger partial charge is 0.507 e. The first kappa shape index (κ1) is 20.3. The van der Waals surface area contributed by atoms with E-state index in [0.717, 1.165) is 24.0 Å². The minimum Gasteiger partial charge on any atom is -0.507 e. The lowest BCUT2D eigenvalue weighted by Gasteiger charge is -2.05. The lowest BCUT2D eigenvalue weighted by atomic mass is 10.0. The Labute approximate surface area is 180 Å². The number of anilines is 1. The van der Waals surface area contributed by atoms with Gasteiger partial charge in [-0.15, -0.1) is 0 Å². The molecule has 0 fully saturated rings. The first-order valence-electron chi connectivity index (χ1n) is 10.3. The average molecular weight is 413 g/mol. The zero-order chi connectivity index (χ0) is 21.6. The van der Waals surface area contributed by atoms with Gasteiger partial charge < -0.3 is 9.52 Å². The molecule has 4 aromatic rings. The van der Waals surface area contributed by atoms with Crippen molar-refractivity contribution in [3.05, 3.63) is 73.1 Å². The van der Waals surface area contributed by atoms with Gasteiger partial charge in [-0.3, -0.25) is 15.1 Å². The molecule has 2 heterocycles. The zero-order valence-corrected chi connectivity index (χ0v) is 17.2. The number of nitrogens with zero attached hydrogens (tertiary/aromatic N) is 2. The first-order valence-corrected chi connectivity index (χ1v) is 10.3. The number of amides is 1. The van der Waals surface area contributed by atoms with Crippen molar-refractivity contribution in [2.75, 3.05) is 5.32 Å². The molecule has 4 rings (SSSR count). The van der Waals surface area contributed by atoms with Gasteiger partial charge in [-0.2, -0.15) is 0 Å². The lowest BCUT2D eigenvalue weighted by molar-refractivity contribution is -0.116. The van der Waals surface area contributed by atoms with Crippen LogP contribution in [-0.2, 0) is 4.79 Å². The minimum atomic E-state index is -0.140. The minimum absolute atomic E-state index is 0.0456. The zero-order valence-electron chi connectivity index (χ0n) is 17.2. The van der Waals surface area contributed by atoms with E-state index < -0.39 is 0 Å². The summed E-state index contributed by atoms with van der Waals surface area (Å²) in [5, 5.41) is 13.5. The van der Waals surface area contributed by atoms with Crippen LogP contribution in [0.4, 0.5) is 5.88 Å². The van der Waals surface area contributed by atoms with E-state index in [1.165, 1.54) is 0 Å². The molecule has 0 aliphatic heterocycles. The van der Waals surface area contributed by atoms with Crippen LogP contribution in [0.1, 0.15) is 26.2 Å². The van der Waals surface area contributed by atoms with Crippen LogP contribution in [0.3, 0.4) is 0 Å². The van der Waals surface area contributed by atoms with Crippen molar-refractivity contribution in [2.45, 2.75) is 26.2 Å². The van der Waals surface area contributed by atoms with E-state index in [1.807, 2.05) is 49.4 Å². The number of aromatic nitrogens is 2. The van der Waals surface area contributed by atoms with Crippen LogP contribution in [0.2, 0.25) is 0 Å². The van der Waals surface area contributed by atoms with Crippen molar-refractivity contribution in [2.24, 2.45) is 0 Å². The smallest absolute Gasteiger partial charge is 0.233 e. The van der Waals surface area contributed by atoms with Gasteiger partial charge in [0, 0.05) is 24.4 Å². The molecule has 2 N–H and O–H groups in total. The fraction of sp³-hybridized carbons (Fsp3) is 0.160. The van der Waals surface area contributed by atoms with Crippen LogP contribution in [0.25, 0.3) is 33.8 Å². The van der Waals surface area contributed by atoms with E-state index in [0.29, 0.717) is 23.2 Å². The van der Waals surface area contributed by atoms with Crippen molar-refractivity contribution >= 4 is 11.8 Å². The van der Waals surface area contributed by atoms with Crippen molar-refractivity contribution in [3.8, 4) is 39.6 Å². The van der Waals surface area contributed by atoms with Gasteiger partial charge >= 0.3 is 0 Å². The van der Waals surface area contributed by atoms with Crippen LogP contribution >= 0.6 is 0 Å². The summed E-state index contributed by atoms with van der Waals surface area (Å²) in [6.07, 6.45) is 5.43. The summed E-state index contributed by atoms with van der Waals surface area (Å²) in [7, 11) is 0. The van der Waals surface area contributed by atoms with Gasteiger partial charge in [0.15, 0.2) is 0 Å². The fourth-order valence-electron chi connectivity index (χ4n) is 3.27. The maximum atomic E-state index is 12.3. The highest BCUT2D eigenvalue weighted by Gasteiger charge is 2.20. The quantitative estimate of drug-likeness (QED) is 0.393. The number of nitrogens with one attached hydrogen (secondary N) is 1. The number of oxazole rings is 1. The number of aromatic hydroxyl groups is 1. The number of hydrogen-bond acceptors (Lipinski definition) is 5. The van der Waals surface area contributed by atoms with Crippen molar-refractivity contribution in [1.82, 2.24) is 9.97 Å². The van der Waals surface area contributed by atoms with Gasteiger partial charge in [0.05, 0.1) is 5.56 Å². The summed E-state index contributed by atoms with van der Waals surface area (Å²) < 4.78 is 5.90. The van der Waals surface area contributed by atoms with Gasteiger partial charge in [0.1, 0.15) is 11.4 Å². The maximum absolute atomic E-state index is 12.3. The highest BCUT2D eigenvalue weighted by atomic mass is 16.4. The lowest BCUT2D eigenvalue weighted by Crippen LogP contribution is -2.11. The highest BCUT2D eigenvalue weighted by Crippen LogP contribution is 2.37. The molecule has 0 spiro atoms. The van der Waals surface area contributed by atoms with Crippen LogP contribution in [0.5, 0.6) is 5.75 Å². The van der Waals surface area contributed by atoms with Gasteiger partial charge in [-0.05, 0) is 41.8 Å². The molecule has 0 radical (unpaired) electrons. The molecule has 6 nitrogen and oxygen atoms in total. The maximum Gasteiger partial charge on any atom is 0.233 e. The van der Waals surface area contributed by atoms with E-state index in [1.54, 1.807) is 30.6 Å². The number of carbonyl (C=O) groups excluding carboxylic acids is 1. The predicted molar refractivity (Wildman–Crippen MR) is 120 cm³/mol. The van der Waals surface area contributed by atoms with E-state index in [4.69, 9.17) is 4.42 Å². The standard InChI is InChI=1S/C25H23N3O3/c1-2-3-11-22(30)27-25-23(19-10-7-14-26-16-19)28-24(31-25)20-13-12-18(15-21(20)29)17-8-5-4-6-9-17/h4-10,12-16,29H,2-3,11H2,1H3,(H,27,30). The van der Waals surface area contributed by atoms with Crippen molar-refractivity contribution in [1.29, 1.82) is 0 Å². The molecule has 6 heteroatoms. The Bertz CT molecular complexity index is 1170. The molecule has 0 aliphatic carbocycles. The third-order valence-corrected chi connectivity index (χ3v) is 4.91. The summed E-state index contributed by atoms with van der Waals surface area (Å²) in [4.78, 5) is 21.0. The topological polar surface area (TPSA) is 88.2 Å². The van der Waals surface area contributed by atoms with Crippen LogP contribution in [0, 0.1) is 0 Å². The number of pyridine rings is 1. The second-order valence-corrected chi connectivity index (χ2v) is 7.19. The molecule has 2 aromatic carbocycles. The number of rotatable bonds is 7. The molecule has 0 bridgehead atoms. The molecule has 31 heavy (non-hydrogen) atoms. The number of carbonyl (C=O) groups is 1. The van der Waals surface area contributed by atoms with Crippen molar-refractivity contribution < 1.29 is 14.3 Å². The number of unbranched alkanes of at least 4 members (excludes halogenated alkanes) is 1. The summed E-state index contributed by atoms with van der Waals surface area (Å²) in [6, 6.07) is 18.8. The number of hydrogen-bond donors (Lipinski definition) is 2. The molecule has 0 saturated heterocycles. The first-order chi connectivity index (χ1) is 15.2. The molecule has 0 atom stereocenters. The van der Waals surface area contributed by atoms with Gasteiger partial charge in [-0.25, -0.2) is 4.98 Å². The van der Waals surface area contributed by atoms with E-state index in [-0.39, 0.29) is 23.4 Å². The molecule has 1 amide bonds. The molecular formula is C25H23N3O3. The Hall–Kier alpha value is -3.93. The normalized spacial score (nSPS) is 10.7. The Balaban J connectivity index is 1.71. The van der Waals surface area contributed by atoms with Crippen LogP contribution in [0.15, 0.2) is 77.5 Å². The summed E-state index contributed by atoms with van der Waals surface area (Å²) >= 11 is 0. The second-order valence-electron chi connectivity index (χ2n) is 7.19. The Morgan fingerprint density at radius 3 is 2.55 bits per heavy atom. The Morgan fingerprint density at radius 2 is 1.84 bits per heavy atom. The molecule has 0 unspecified atom stereocenters. The van der Waals surface area contributed by atoms with Gasteiger partial charge in [-0.1, -0.05) is 49.7 Å². The molecule has 156 valence electrons. The third kappa shape index (κ3) is 4.64. The van der Waals surface area contributed by atoms with Crippen molar-refractivity contribution in [3.63, 3.8) is 0 Å². The summed E-state index contributed by atoms with van der Waals surface area (Å²) in [6.45, 7) is 2.03. The van der Waals surface area contributed by atoms with Crippen LogP contribution < -0.4 is 5.32 Å². The number of phenols is 1. The molecule has 2 aromatic heterocycles. The number of benzene rings is 2. The van der Waals surface area contributed by atoms with E-state index in [2.05, 4.69) is 15.3 Å². The highest BCUT2D eigenvalue weighted by molar-refractivity contribution is 5.93. The van der Waals surface area contributed by atoms with E-state index in [9.17, 15) is 9.90 Å². The SMILES string of the molecule is CCCCC(=O)Nc1oc(-c2ccc(-c3ccccc3)cc2O)nc1-c1cccnc1. The molecule has 0 aliphatic rings. The third-order valence-electron chi connectivity index (χ3n) is 4.91. The predicted octanol–water partition coefficient (Wildman–Crippen LogP) is 5.90. The summed E-state index contributed by atoms with van der Waals surface area (Å²) in [5.74, 6) is 0.375. The van der Waals surface area contributed by atoms with Gasteiger partial charge in [0.25, 0.3) is 0 Å². The van der Waals surface area contributed by atoms with Crippen LogP contribution in [-0.4, -0.2) is 21.0 Å². The monoisotopic (exact) mass is 413 g/mol. The molecular weight excluding hydrogens is 390 g/mol. The number of phenolic OH excluding ortho intramolecular Hbond substituents is 1. The Kier molecular flexibility index (Phi) is 6.08. The molecule has 0 saturated carbocycles. The average Bonchev–Trinajstić information content (AvgIpc) is 3.22.